The number of carbonyl (C=O) groups excluding carboxylic acids is 1. The fourth-order valence-corrected chi connectivity index (χ4v) is 2.66. The number of carbonyl (C=O) groups is 2. The number of hydrogen-bond donors (Lipinski definition) is 2. The standard InChI is InChI=1S/C16H18BrN3O4/c1-3-9(2)14(16(23)24)19-13(21)7-20-8-18-12-5-4-10(17)6-11(12)15(20)22/h4-6,8-9,14H,3,7H2,1-2H3,(H,19,21)(H,23,24)/t9-,14-/m0/s1. The van der Waals surface area contributed by atoms with Gasteiger partial charge in [0.1, 0.15) is 12.6 Å². The molecule has 0 spiro atoms. The number of fused-ring (bicyclic) bond motifs is 1. The predicted octanol–water partition coefficient (Wildman–Crippen LogP) is 1.77. The Morgan fingerprint density at radius 1 is 1.42 bits per heavy atom. The highest BCUT2D eigenvalue weighted by Crippen LogP contribution is 2.14. The van der Waals surface area contributed by atoms with Crippen LogP contribution in [0.1, 0.15) is 20.3 Å². The van der Waals surface area contributed by atoms with Crippen molar-refractivity contribution in [3.05, 3.63) is 39.4 Å². The lowest BCUT2D eigenvalue weighted by Gasteiger charge is -2.20. The maximum Gasteiger partial charge on any atom is 0.326 e. The van der Waals surface area contributed by atoms with Gasteiger partial charge in [0.2, 0.25) is 5.91 Å². The minimum Gasteiger partial charge on any atom is -0.480 e. The predicted molar refractivity (Wildman–Crippen MR) is 92.7 cm³/mol. The maximum absolute atomic E-state index is 12.4. The molecule has 0 radical (unpaired) electrons. The van der Waals surface area contributed by atoms with Crippen LogP contribution in [0.15, 0.2) is 33.8 Å². The minimum absolute atomic E-state index is 0.214. The smallest absolute Gasteiger partial charge is 0.326 e. The number of amides is 1. The minimum atomic E-state index is -1.09. The summed E-state index contributed by atoms with van der Waals surface area (Å²) in [5.74, 6) is -1.85. The van der Waals surface area contributed by atoms with E-state index in [9.17, 15) is 19.5 Å². The molecule has 1 aromatic carbocycles. The first-order valence-electron chi connectivity index (χ1n) is 7.50. The van der Waals surface area contributed by atoms with Crippen LogP contribution in [0.2, 0.25) is 0 Å². The summed E-state index contributed by atoms with van der Waals surface area (Å²) in [6.07, 6.45) is 1.90. The highest BCUT2D eigenvalue weighted by molar-refractivity contribution is 9.10. The van der Waals surface area contributed by atoms with E-state index in [1.807, 2.05) is 6.92 Å². The normalized spacial score (nSPS) is 13.5. The molecule has 0 bridgehead atoms. The summed E-state index contributed by atoms with van der Waals surface area (Å²) in [6, 6.07) is 4.13. The van der Waals surface area contributed by atoms with Crippen molar-refractivity contribution in [2.45, 2.75) is 32.9 Å². The van der Waals surface area contributed by atoms with Crippen molar-refractivity contribution >= 4 is 38.7 Å². The number of aliphatic carboxylic acids is 1. The largest absolute Gasteiger partial charge is 0.480 e. The molecular weight excluding hydrogens is 378 g/mol. The Balaban J connectivity index is 2.23. The second-order valence-electron chi connectivity index (χ2n) is 5.61. The van der Waals surface area contributed by atoms with Gasteiger partial charge >= 0.3 is 5.97 Å². The van der Waals surface area contributed by atoms with E-state index in [1.165, 1.54) is 10.9 Å². The van der Waals surface area contributed by atoms with Gasteiger partial charge in [0, 0.05) is 4.47 Å². The van der Waals surface area contributed by atoms with Crippen LogP contribution >= 0.6 is 15.9 Å². The molecule has 0 aliphatic heterocycles. The number of carboxylic acid groups (broad SMARTS) is 1. The second kappa shape index (κ2) is 7.57. The SMILES string of the molecule is CC[C@H](C)[C@H](NC(=O)Cn1cnc2ccc(Br)cc2c1=O)C(=O)O. The molecule has 0 saturated carbocycles. The van der Waals surface area contributed by atoms with Gasteiger partial charge in [-0.05, 0) is 24.1 Å². The molecule has 0 unspecified atom stereocenters. The van der Waals surface area contributed by atoms with Gasteiger partial charge in [-0.3, -0.25) is 14.2 Å². The van der Waals surface area contributed by atoms with Crippen molar-refractivity contribution in [3.63, 3.8) is 0 Å². The summed E-state index contributed by atoms with van der Waals surface area (Å²) >= 11 is 3.29. The highest BCUT2D eigenvalue weighted by Gasteiger charge is 2.25. The van der Waals surface area contributed by atoms with Crippen LogP contribution in [-0.2, 0) is 16.1 Å². The van der Waals surface area contributed by atoms with Gasteiger partial charge in [0.05, 0.1) is 17.2 Å². The van der Waals surface area contributed by atoms with Crippen molar-refractivity contribution < 1.29 is 14.7 Å². The van der Waals surface area contributed by atoms with Gasteiger partial charge in [0.15, 0.2) is 0 Å². The van der Waals surface area contributed by atoms with Crippen LogP contribution < -0.4 is 10.9 Å². The Labute approximate surface area is 146 Å². The topological polar surface area (TPSA) is 101 Å². The number of hydrogen-bond acceptors (Lipinski definition) is 4. The zero-order chi connectivity index (χ0) is 17.9. The molecule has 8 heteroatoms. The van der Waals surface area contributed by atoms with E-state index >= 15 is 0 Å². The lowest BCUT2D eigenvalue weighted by molar-refractivity contribution is -0.143. The third-order valence-corrected chi connectivity index (χ3v) is 4.39. The number of aromatic nitrogens is 2. The van der Waals surface area contributed by atoms with E-state index in [2.05, 4.69) is 26.2 Å². The van der Waals surface area contributed by atoms with Crippen molar-refractivity contribution in [2.24, 2.45) is 5.92 Å². The van der Waals surface area contributed by atoms with Gasteiger partial charge in [-0.2, -0.15) is 0 Å². The Morgan fingerprint density at radius 3 is 2.75 bits per heavy atom. The summed E-state index contributed by atoms with van der Waals surface area (Å²) < 4.78 is 1.90. The zero-order valence-corrected chi connectivity index (χ0v) is 14.9. The molecule has 0 fully saturated rings. The number of nitrogens with one attached hydrogen (secondary N) is 1. The molecule has 128 valence electrons. The summed E-state index contributed by atoms with van der Waals surface area (Å²) in [4.78, 5) is 40.0. The molecule has 0 saturated heterocycles. The van der Waals surface area contributed by atoms with Gasteiger partial charge < -0.3 is 10.4 Å². The monoisotopic (exact) mass is 395 g/mol. The number of carboxylic acids is 1. The Bertz CT molecular complexity index is 834. The lowest BCUT2D eigenvalue weighted by Crippen LogP contribution is -2.46. The summed E-state index contributed by atoms with van der Waals surface area (Å²) in [7, 11) is 0. The van der Waals surface area contributed by atoms with Gasteiger partial charge in [0.25, 0.3) is 5.56 Å². The summed E-state index contributed by atoms with van der Waals surface area (Å²) in [5.41, 5.74) is 0.176. The third-order valence-electron chi connectivity index (χ3n) is 3.90. The summed E-state index contributed by atoms with van der Waals surface area (Å²) in [5, 5.41) is 12.1. The fourth-order valence-electron chi connectivity index (χ4n) is 2.30. The summed E-state index contributed by atoms with van der Waals surface area (Å²) in [6.45, 7) is 3.32. The van der Waals surface area contributed by atoms with Crippen LogP contribution in [0.25, 0.3) is 10.9 Å². The van der Waals surface area contributed by atoms with E-state index < -0.39 is 17.9 Å². The van der Waals surface area contributed by atoms with Crippen LogP contribution in [0.5, 0.6) is 0 Å². The second-order valence-corrected chi connectivity index (χ2v) is 6.52. The lowest BCUT2D eigenvalue weighted by atomic mass is 9.99. The molecule has 1 heterocycles. The number of rotatable bonds is 6. The molecule has 0 aliphatic carbocycles. The highest BCUT2D eigenvalue weighted by atomic mass is 79.9. The van der Waals surface area contributed by atoms with Crippen molar-refractivity contribution in [1.29, 1.82) is 0 Å². The van der Waals surface area contributed by atoms with Crippen LogP contribution in [0.4, 0.5) is 0 Å². The first-order chi connectivity index (χ1) is 11.3. The molecule has 2 atom stereocenters. The van der Waals surface area contributed by atoms with E-state index in [4.69, 9.17) is 0 Å². The van der Waals surface area contributed by atoms with Crippen molar-refractivity contribution in [3.8, 4) is 0 Å². The molecule has 2 rings (SSSR count). The number of halogens is 1. The van der Waals surface area contributed by atoms with Crippen molar-refractivity contribution in [2.75, 3.05) is 0 Å². The Kier molecular flexibility index (Phi) is 5.71. The average molecular weight is 396 g/mol. The first kappa shape index (κ1) is 18.1. The molecule has 24 heavy (non-hydrogen) atoms. The fraction of sp³-hybridized carbons (Fsp3) is 0.375. The quantitative estimate of drug-likeness (QED) is 0.775. The van der Waals surface area contributed by atoms with Gasteiger partial charge in [-0.15, -0.1) is 0 Å². The third kappa shape index (κ3) is 4.00. The first-order valence-corrected chi connectivity index (χ1v) is 8.29. The maximum atomic E-state index is 12.4. The van der Waals surface area contributed by atoms with Crippen LogP contribution in [-0.4, -0.2) is 32.6 Å². The molecule has 0 aliphatic rings. The average Bonchev–Trinajstić information content (AvgIpc) is 2.54. The zero-order valence-electron chi connectivity index (χ0n) is 13.3. The molecule has 1 amide bonds. The molecule has 2 aromatic rings. The van der Waals surface area contributed by atoms with E-state index in [-0.39, 0.29) is 18.0 Å². The molecule has 7 nitrogen and oxygen atoms in total. The van der Waals surface area contributed by atoms with E-state index in [0.717, 1.165) is 4.47 Å². The van der Waals surface area contributed by atoms with Crippen molar-refractivity contribution in [1.82, 2.24) is 14.9 Å². The Hall–Kier alpha value is -2.22. The van der Waals surface area contributed by atoms with Crippen LogP contribution in [0.3, 0.4) is 0 Å². The Morgan fingerprint density at radius 2 is 2.12 bits per heavy atom. The molecule has 1 aromatic heterocycles. The number of nitrogens with zero attached hydrogens (tertiary/aromatic N) is 2. The number of benzene rings is 1. The van der Waals surface area contributed by atoms with E-state index in [1.54, 1.807) is 25.1 Å². The molecule has 2 N–H and O–H groups in total. The molecular formula is C16H18BrN3O4. The van der Waals surface area contributed by atoms with E-state index in [0.29, 0.717) is 17.3 Å². The van der Waals surface area contributed by atoms with Crippen LogP contribution in [0, 0.1) is 5.92 Å². The van der Waals surface area contributed by atoms with Gasteiger partial charge in [-0.1, -0.05) is 36.2 Å². The van der Waals surface area contributed by atoms with Gasteiger partial charge in [-0.25, -0.2) is 9.78 Å².